The molecule has 17 heavy (non-hydrogen) atoms. The molecular weight excluding hydrogens is 238 g/mol. The molecule has 3 rings (SSSR count). The summed E-state index contributed by atoms with van der Waals surface area (Å²) in [5, 5.41) is 2.84. The van der Waals surface area contributed by atoms with Gasteiger partial charge in [0.1, 0.15) is 5.58 Å². The van der Waals surface area contributed by atoms with Crippen molar-refractivity contribution in [2.45, 2.75) is 0 Å². The molecular formula is C12H7NO3S. The van der Waals surface area contributed by atoms with Gasteiger partial charge in [-0.3, -0.25) is 14.9 Å². The lowest BCUT2D eigenvalue weighted by Gasteiger charge is -1.96. The molecule has 2 aromatic rings. The first-order valence-electron chi connectivity index (χ1n) is 4.95. The maximum absolute atomic E-state index is 11.4. The molecule has 1 aliphatic heterocycles. The highest BCUT2D eigenvalue weighted by Crippen LogP contribution is 2.28. The molecule has 1 aromatic carbocycles. The standard InChI is InChI=1S/C12H7NO3S/c14-11-9(17-12(15)13-11)6-8-3-1-2-7-4-5-16-10(7)8/h1-6H,(H,13,14,15)/b9-6+. The molecule has 2 amide bonds. The van der Waals surface area contributed by atoms with Crippen LogP contribution < -0.4 is 5.32 Å². The van der Waals surface area contributed by atoms with Crippen molar-refractivity contribution in [3.8, 4) is 0 Å². The third-order valence-corrected chi connectivity index (χ3v) is 3.25. The molecule has 84 valence electrons. The predicted molar refractivity (Wildman–Crippen MR) is 65.3 cm³/mol. The predicted octanol–water partition coefficient (Wildman–Crippen LogP) is 2.76. The molecule has 0 unspecified atom stereocenters. The van der Waals surface area contributed by atoms with Gasteiger partial charge >= 0.3 is 0 Å². The summed E-state index contributed by atoms with van der Waals surface area (Å²) in [6, 6.07) is 7.50. The Bertz CT molecular complexity index is 657. The van der Waals surface area contributed by atoms with Crippen LogP contribution in [-0.2, 0) is 4.79 Å². The highest BCUT2D eigenvalue weighted by molar-refractivity contribution is 8.18. The quantitative estimate of drug-likeness (QED) is 0.785. The van der Waals surface area contributed by atoms with E-state index in [0.717, 1.165) is 22.7 Å². The van der Waals surface area contributed by atoms with E-state index in [1.165, 1.54) is 0 Å². The number of furan rings is 1. The van der Waals surface area contributed by atoms with Crippen LogP contribution in [0.15, 0.2) is 39.9 Å². The molecule has 0 spiro atoms. The molecule has 2 heterocycles. The van der Waals surface area contributed by atoms with Gasteiger partial charge in [-0.25, -0.2) is 0 Å². The van der Waals surface area contributed by atoms with E-state index in [1.54, 1.807) is 12.3 Å². The monoisotopic (exact) mass is 245 g/mol. The Hall–Kier alpha value is -2.01. The Morgan fingerprint density at radius 3 is 2.88 bits per heavy atom. The van der Waals surface area contributed by atoms with E-state index in [1.807, 2.05) is 24.3 Å². The number of benzene rings is 1. The van der Waals surface area contributed by atoms with E-state index in [4.69, 9.17) is 4.42 Å². The van der Waals surface area contributed by atoms with Crippen LogP contribution in [-0.4, -0.2) is 11.1 Å². The second-order valence-electron chi connectivity index (χ2n) is 3.54. The molecule has 5 heteroatoms. The summed E-state index contributed by atoms with van der Waals surface area (Å²) in [4.78, 5) is 22.8. The van der Waals surface area contributed by atoms with Gasteiger partial charge in [0.2, 0.25) is 0 Å². The van der Waals surface area contributed by atoms with Crippen molar-refractivity contribution in [1.29, 1.82) is 0 Å². The van der Waals surface area contributed by atoms with Crippen LogP contribution in [0.4, 0.5) is 4.79 Å². The number of hydrogen-bond donors (Lipinski definition) is 1. The number of carbonyl (C=O) groups is 2. The second kappa shape index (κ2) is 3.78. The molecule has 0 bridgehead atoms. The van der Waals surface area contributed by atoms with Gasteiger partial charge in [-0.15, -0.1) is 0 Å². The largest absolute Gasteiger partial charge is 0.464 e. The van der Waals surface area contributed by atoms with Gasteiger partial charge in [-0.1, -0.05) is 18.2 Å². The first kappa shape index (κ1) is 10.2. The van der Waals surface area contributed by atoms with Crippen LogP contribution in [0.2, 0.25) is 0 Å². The Morgan fingerprint density at radius 1 is 1.24 bits per heavy atom. The molecule has 1 aliphatic rings. The summed E-state index contributed by atoms with van der Waals surface area (Å²) in [5.74, 6) is -0.358. The average Bonchev–Trinajstić information content (AvgIpc) is 2.87. The SMILES string of the molecule is O=C1NC(=O)/C(=C\c2cccc3ccoc23)S1. The van der Waals surface area contributed by atoms with E-state index < -0.39 is 0 Å². The Morgan fingerprint density at radius 2 is 2.12 bits per heavy atom. The van der Waals surface area contributed by atoms with Crippen LogP contribution in [0.25, 0.3) is 17.0 Å². The summed E-state index contributed by atoms with van der Waals surface area (Å²) in [6.07, 6.45) is 3.26. The highest BCUT2D eigenvalue weighted by atomic mass is 32.2. The van der Waals surface area contributed by atoms with Gasteiger partial charge in [0.25, 0.3) is 11.1 Å². The fraction of sp³-hybridized carbons (Fsp3) is 0. The topological polar surface area (TPSA) is 59.3 Å². The highest BCUT2D eigenvalue weighted by Gasteiger charge is 2.25. The third-order valence-electron chi connectivity index (χ3n) is 2.44. The summed E-state index contributed by atoms with van der Waals surface area (Å²) in [5.41, 5.74) is 1.51. The zero-order valence-electron chi connectivity index (χ0n) is 8.60. The maximum Gasteiger partial charge on any atom is 0.290 e. The summed E-state index contributed by atoms with van der Waals surface area (Å²) in [7, 11) is 0. The molecule has 0 atom stereocenters. The van der Waals surface area contributed by atoms with Crippen LogP contribution >= 0.6 is 11.8 Å². The van der Waals surface area contributed by atoms with Gasteiger partial charge in [0.15, 0.2) is 0 Å². The van der Waals surface area contributed by atoms with Crippen molar-refractivity contribution in [2.75, 3.05) is 0 Å². The fourth-order valence-corrected chi connectivity index (χ4v) is 2.37. The minimum Gasteiger partial charge on any atom is -0.464 e. The van der Waals surface area contributed by atoms with Gasteiger partial charge in [-0.05, 0) is 23.9 Å². The molecule has 4 nitrogen and oxygen atoms in total. The second-order valence-corrected chi connectivity index (χ2v) is 4.55. The van der Waals surface area contributed by atoms with E-state index in [0.29, 0.717) is 10.5 Å². The number of fused-ring (bicyclic) bond motifs is 1. The lowest BCUT2D eigenvalue weighted by atomic mass is 10.1. The number of imide groups is 1. The Balaban J connectivity index is 2.11. The number of thioether (sulfide) groups is 1. The smallest absolute Gasteiger partial charge is 0.290 e. The molecule has 0 aliphatic carbocycles. The van der Waals surface area contributed by atoms with Gasteiger partial charge in [-0.2, -0.15) is 0 Å². The minimum absolute atomic E-state index is 0.340. The van der Waals surface area contributed by atoms with Gasteiger partial charge in [0.05, 0.1) is 11.2 Å². The van der Waals surface area contributed by atoms with Crippen molar-refractivity contribution < 1.29 is 14.0 Å². The summed E-state index contributed by atoms with van der Waals surface area (Å²) in [6.45, 7) is 0. The first-order valence-corrected chi connectivity index (χ1v) is 5.77. The number of hydrogen-bond acceptors (Lipinski definition) is 4. The van der Waals surface area contributed by atoms with E-state index in [-0.39, 0.29) is 11.1 Å². The Kier molecular flexibility index (Phi) is 2.26. The first-order chi connectivity index (χ1) is 8.24. The zero-order chi connectivity index (χ0) is 11.8. The fourth-order valence-electron chi connectivity index (χ4n) is 1.69. The average molecular weight is 245 g/mol. The number of para-hydroxylation sites is 1. The normalized spacial score (nSPS) is 18.0. The lowest BCUT2D eigenvalue weighted by molar-refractivity contribution is -0.115. The van der Waals surface area contributed by atoms with Crippen LogP contribution in [0, 0.1) is 0 Å². The van der Waals surface area contributed by atoms with Crippen molar-refractivity contribution in [1.82, 2.24) is 5.32 Å². The summed E-state index contributed by atoms with van der Waals surface area (Å²) < 4.78 is 5.35. The van der Waals surface area contributed by atoms with Crippen molar-refractivity contribution >= 4 is 40.0 Å². The number of nitrogens with one attached hydrogen (secondary N) is 1. The van der Waals surface area contributed by atoms with Crippen LogP contribution in [0.5, 0.6) is 0 Å². The molecule has 1 fully saturated rings. The number of carbonyl (C=O) groups excluding carboxylic acids is 2. The van der Waals surface area contributed by atoms with E-state index in [9.17, 15) is 9.59 Å². The molecule has 0 radical (unpaired) electrons. The third kappa shape index (κ3) is 1.74. The maximum atomic E-state index is 11.4. The van der Waals surface area contributed by atoms with Gasteiger partial charge < -0.3 is 4.42 Å². The van der Waals surface area contributed by atoms with Gasteiger partial charge in [0, 0.05) is 10.9 Å². The van der Waals surface area contributed by atoms with E-state index in [2.05, 4.69) is 5.32 Å². The van der Waals surface area contributed by atoms with Crippen molar-refractivity contribution in [2.24, 2.45) is 0 Å². The molecule has 1 saturated heterocycles. The number of rotatable bonds is 1. The minimum atomic E-state index is -0.358. The lowest BCUT2D eigenvalue weighted by Crippen LogP contribution is -2.17. The molecule has 1 aromatic heterocycles. The molecule has 1 N–H and O–H groups in total. The van der Waals surface area contributed by atoms with Crippen LogP contribution in [0.1, 0.15) is 5.56 Å². The van der Waals surface area contributed by atoms with Crippen LogP contribution in [0.3, 0.4) is 0 Å². The summed E-state index contributed by atoms with van der Waals surface area (Å²) >= 11 is 0.900. The van der Waals surface area contributed by atoms with E-state index >= 15 is 0 Å². The van der Waals surface area contributed by atoms with Crippen molar-refractivity contribution in [3.05, 3.63) is 41.0 Å². The van der Waals surface area contributed by atoms with Crippen molar-refractivity contribution in [3.63, 3.8) is 0 Å². The zero-order valence-corrected chi connectivity index (χ0v) is 9.41. The molecule has 0 saturated carbocycles. The number of amides is 2. The Labute approximate surface area is 101 Å².